The second kappa shape index (κ2) is 2.47. The number of hydrogen-bond donors (Lipinski definition) is 1. The standard InChI is InChI=1S/C5H9N5/c1-10(2)5-3-4(6)7-9-8-5/h3H,1-2H3,(H2,6,7,8). The lowest BCUT2D eigenvalue weighted by atomic mass is 10.5. The smallest absolute Gasteiger partial charge is 0.156 e. The number of nitrogens with zero attached hydrogens (tertiary/aromatic N) is 4. The zero-order valence-electron chi connectivity index (χ0n) is 5.94. The lowest BCUT2D eigenvalue weighted by Gasteiger charge is -2.08. The fourth-order valence-corrected chi connectivity index (χ4v) is 0.528. The number of hydrogen-bond acceptors (Lipinski definition) is 5. The molecule has 0 fully saturated rings. The second-order valence-corrected chi connectivity index (χ2v) is 2.11. The summed E-state index contributed by atoms with van der Waals surface area (Å²) in [6.45, 7) is 0. The predicted octanol–water partition coefficient (Wildman–Crippen LogP) is -0.480. The fourth-order valence-electron chi connectivity index (χ4n) is 0.528. The van der Waals surface area contributed by atoms with Crippen molar-refractivity contribution in [3.05, 3.63) is 6.07 Å². The van der Waals surface area contributed by atoms with E-state index in [2.05, 4.69) is 15.4 Å². The van der Waals surface area contributed by atoms with Crippen LogP contribution in [0, 0.1) is 0 Å². The molecule has 0 spiro atoms. The van der Waals surface area contributed by atoms with E-state index >= 15 is 0 Å². The Bertz CT molecular complexity index is 221. The molecule has 5 heteroatoms. The van der Waals surface area contributed by atoms with Crippen LogP contribution in [0.4, 0.5) is 11.6 Å². The minimum atomic E-state index is 0.388. The van der Waals surface area contributed by atoms with Gasteiger partial charge in [-0.3, -0.25) is 0 Å². The van der Waals surface area contributed by atoms with Gasteiger partial charge >= 0.3 is 0 Å². The van der Waals surface area contributed by atoms with Gasteiger partial charge < -0.3 is 10.6 Å². The molecule has 0 aliphatic carbocycles. The van der Waals surface area contributed by atoms with E-state index in [4.69, 9.17) is 5.73 Å². The van der Waals surface area contributed by atoms with Crippen molar-refractivity contribution in [3.63, 3.8) is 0 Å². The minimum Gasteiger partial charge on any atom is -0.382 e. The molecule has 0 amide bonds. The second-order valence-electron chi connectivity index (χ2n) is 2.11. The van der Waals surface area contributed by atoms with Crippen molar-refractivity contribution in [2.45, 2.75) is 0 Å². The van der Waals surface area contributed by atoms with Gasteiger partial charge in [0.25, 0.3) is 0 Å². The van der Waals surface area contributed by atoms with Crippen molar-refractivity contribution in [2.24, 2.45) is 0 Å². The monoisotopic (exact) mass is 139 g/mol. The Kier molecular flexibility index (Phi) is 1.66. The summed E-state index contributed by atoms with van der Waals surface area (Å²) >= 11 is 0. The highest BCUT2D eigenvalue weighted by atomic mass is 15.4. The Morgan fingerprint density at radius 2 is 2.10 bits per heavy atom. The molecule has 0 radical (unpaired) electrons. The molecule has 0 saturated carbocycles. The number of nitrogen functional groups attached to an aromatic ring is 1. The predicted molar refractivity (Wildman–Crippen MR) is 38.6 cm³/mol. The Morgan fingerprint density at radius 1 is 1.40 bits per heavy atom. The van der Waals surface area contributed by atoms with Crippen LogP contribution in [0.5, 0.6) is 0 Å². The molecule has 1 aromatic heterocycles. The van der Waals surface area contributed by atoms with Crippen LogP contribution in [0.3, 0.4) is 0 Å². The number of rotatable bonds is 1. The molecule has 54 valence electrons. The molecule has 1 aromatic rings. The van der Waals surface area contributed by atoms with Crippen molar-refractivity contribution in [3.8, 4) is 0 Å². The van der Waals surface area contributed by atoms with Gasteiger partial charge in [-0.1, -0.05) is 0 Å². The first-order valence-corrected chi connectivity index (χ1v) is 2.83. The van der Waals surface area contributed by atoms with Gasteiger partial charge in [-0.2, -0.15) is 0 Å². The van der Waals surface area contributed by atoms with Crippen molar-refractivity contribution in [2.75, 3.05) is 24.7 Å². The molecule has 0 aliphatic rings. The Morgan fingerprint density at radius 3 is 2.50 bits per heavy atom. The molecule has 0 bridgehead atoms. The first-order valence-electron chi connectivity index (χ1n) is 2.83. The van der Waals surface area contributed by atoms with Crippen molar-refractivity contribution < 1.29 is 0 Å². The maximum Gasteiger partial charge on any atom is 0.156 e. The van der Waals surface area contributed by atoms with Crippen LogP contribution in [0.1, 0.15) is 0 Å². The van der Waals surface area contributed by atoms with E-state index in [1.165, 1.54) is 0 Å². The zero-order chi connectivity index (χ0) is 7.56. The molecule has 5 nitrogen and oxygen atoms in total. The van der Waals surface area contributed by atoms with Crippen LogP contribution < -0.4 is 10.6 Å². The third kappa shape index (κ3) is 1.31. The van der Waals surface area contributed by atoms with Crippen LogP contribution in [-0.2, 0) is 0 Å². The number of anilines is 2. The molecule has 0 aromatic carbocycles. The summed E-state index contributed by atoms with van der Waals surface area (Å²) in [5.74, 6) is 1.10. The third-order valence-corrected chi connectivity index (χ3v) is 1.04. The average molecular weight is 139 g/mol. The van der Waals surface area contributed by atoms with Crippen LogP contribution in [0.2, 0.25) is 0 Å². The summed E-state index contributed by atoms with van der Waals surface area (Å²) in [7, 11) is 3.73. The quantitative estimate of drug-likeness (QED) is 0.569. The summed E-state index contributed by atoms with van der Waals surface area (Å²) in [5.41, 5.74) is 5.36. The molecule has 0 unspecified atom stereocenters. The Hall–Kier alpha value is -1.39. The van der Waals surface area contributed by atoms with E-state index in [1.807, 2.05) is 19.0 Å². The highest BCUT2D eigenvalue weighted by Crippen LogP contribution is 2.05. The first-order chi connectivity index (χ1) is 4.70. The summed E-state index contributed by atoms with van der Waals surface area (Å²) in [6, 6.07) is 1.66. The van der Waals surface area contributed by atoms with Crippen LogP contribution >= 0.6 is 0 Å². The molecule has 2 N–H and O–H groups in total. The van der Waals surface area contributed by atoms with Gasteiger partial charge in [-0.25, -0.2) is 0 Å². The van der Waals surface area contributed by atoms with Crippen molar-refractivity contribution >= 4 is 11.6 Å². The zero-order valence-corrected chi connectivity index (χ0v) is 5.94. The first kappa shape index (κ1) is 6.73. The lowest BCUT2D eigenvalue weighted by Crippen LogP contribution is -2.12. The molecule has 0 aliphatic heterocycles. The molecule has 10 heavy (non-hydrogen) atoms. The van der Waals surface area contributed by atoms with Crippen molar-refractivity contribution in [1.29, 1.82) is 0 Å². The van der Waals surface area contributed by atoms with Gasteiger partial charge in [0.2, 0.25) is 0 Å². The van der Waals surface area contributed by atoms with E-state index in [1.54, 1.807) is 6.07 Å². The maximum absolute atomic E-state index is 5.36. The van der Waals surface area contributed by atoms with Gasteiger partial charge in [0.05, 0.1) is 0 Å². The van der Waals surface area contributed by atoms with E-state index in [0.717, 1.165) is 0 Å². The van der Waals surface area contributed by atoms with Crippen molar-refractivity contribution in [1.82, 2.24) is 15.4 Å². The summed E-state index contributed by atoms with van der Waals surface area (Å²) in [5, 5.41) is 10.7. The highest BCUT2D eigenvalue weighted by molar-refractivity contribution is 5.42. The fraction of sp³-hybridized carbons (Fsp3) is 0.400. The molecular formula is C5H9N5. The Balaban J connectivity index is 2.96. The van der Waals surface area contributed by atoms with Gasteiger partial charge in [-0.05, 0) is 5.21 Å². The topological polar surface area (TPSA) is 67.9 Å². The molecular weight excluding hydrogens is 130 g/mol. The maximum atomic E-state index is 5.36. The molecule has 0 saturated heterocycles. The van der Waals surface area contributed by atoms with Gasteiger partial charge in [0.15, 0.2) is 11.6 Å². The number of aromatic nitrogens is 3. The van der Waals surface area contributed by atoms with Gasteiger partial charge in [-0.15, -0.1) is 10.2 Å². The third-order valence-electron chi connectivity index (χ3n) is 1.04. The average Bonchev–Trinajstić information content (AvgIpc) is 1.88. The SMILES string of the molecule is CN(C)c1cc(N)nnn1. The summed E-state index contributed by atoms with van der Waals surface area (Å²) < 4.78 is 0. The minimum absolute atomic E-state index is 0.388. The Labute approximate surface area is 58.9 Å². The molecule has 0 atom stereocenters. The van der Waals surface area contributed by atoms with Gasteiger partial charge in [0, 0.05) is 20.2 Å². The molecule has 1 rings (SSSR count). The van der Waals surface area contributed by atoms with E-state index in [9.17, 15) is 0 Å². The van der Waals surface area contributed by atoms with Gasteiger partial charge in [0.1, 0.15) is 0 Å². The highest BCUT2D eigenvalue weighted by Gasteiger charge is 1.96. The van der Waals surface area contributed by atoms with Crippen LogP contribution in [0.15, 0.2) is 6.07 Å². The van der Waals surface area contributed by atoms with Crippen LogP contribution in [0.25, 0.3) is 0 Å². The lowest BCUT2D eigenvalue weighted by molar-refractivity contribution is 0.853. The summed E-state index contributed by atoms with van der Waals surface area (Å²) in [6.07, 6.45) is 0. The normalized spacial score (nSPS) is 9.40. The molecule has 1 heterocycles. The van der Waals surface area contributed by atoms with E-state index < -0.39 is 0 Å². The largest absolute Gasteiger partial charge is 0.382 e. The number of nitrogens with two attached hydrogens (primary N) is 1. The summed E-state index contributed by atoms with van der Waals surface area (Å²) in [4.78, 5) is 1.81. The van der Waals surface area contributed by atoms with E-state index in [-0.39, 0.29) is 0 Å². The van der Waals surface area contributed by atoms with E-state index in [0.29, 0.717) is 11.6 Å². The van der Waals surface area contributed by atoms with Crippen LogP contribution in [-0.4, -0.2) is 29.5 Å².